The lowest BCUT2D eigenvalue weighted by atomic mass is 10.9. The van der Waals surface area contributed by atoms with Crippen molar-refractivity contribution in [3.63, 3.8) is 0 Å². The number of nitrogens with one attached hydrogen (secondary N) is 1. The number of aromatic amines is 1. The van der Waals surface area contributed by atoms with Crippen LogP contribution in [0, 0.1) is 4.84 Å². The normalized spacial score (nSPS) is 9.12. The van der Waals surface area contributed by atoms with Crippen LogP contribution in [0.2, 0.25) is 0 Å². The number of hydrogen-bond acceptors (Lipinski definition) is 3. The molecule has 0 saturated heterocycles. The molecule has 0 bridgehead atoms. The van der Waals surface area contributed by atoms with Crippen molar-refractivity contribution in [3.05, 3.63) is 11.1 Å². The Morgan fingerprint density at radius 1 is 1.88 bits per heavy atom. The molecule has 0 saturated carbocycles. The maximum Gasteiger partial charge on any atom is 0.268 e. The van der Waals surface area contributed by atoms with E-state index < -0.39 is 0 Å². The molecular formula is C4H5NO2S. The van der Waals surface area contributed by atoms with Crippen molar-refractivity contribution in [2.75, 3.05) is 7.11 Å². The van der Waals surface area contributed by atoms with Gasteiger partial charge in [0.2, 0.25) is 5.88 Å². The standard InChI is InChI=1S/C4H5NO2S/c1-6-3-2-7-4(8)5-3/h2H,1H3,(H,5,8). The molecule has 0 spiro atoms. The molecule has 0 amide bonds. The van der Waals surface area contributed by atoms with Crippen LogP contribution in [-0.4, -0.2) is 12.1 Å². The molecule has 3 nitrogen and oxygen atoms in total. The zero-order chi connectivity index (χ0) is 5.98. The predicted molar refractivity (Wildman–Crippen MR) is 30.4 cm³/mol. The lowest BCUT2D eigenvalue weighted by Gasteiger charge is -1.85. The highest BCUT2D eigenvalue weighted by Gasteiger charge is 1.88. The van der Waals surface area contributed by atoms with Gasteiger partial charge in [-0.2, -0.15) is 0 Å². The first-order valence-corrected chi connectivity index (χ1v) is 2.45. The van der Waals surface area contributed by atoms with Crippen molar-refractivity contribution in [3.8, 4) is 5.88 Å². The monoisotopic (exact) mass is 131 g/mol. The molecule has 1 aromatic heterocycles. The van der Waals surface area contributed by atoms with Crippen LogP contribution in [0.5, 0.6) is 5.88 Å². The van der Waals surface area contributed by atoms with Gasteiger partial charge < -0.3 is 9.15 Å². The highest BCUT2D eigenvalue weighted by molar-refractivity contribution is 7.71. The SMILES string of the molecule is COc1coc(=S)[nH]1. The Morgan fingerprint density at radius 2 is 2.62 bits per heavy atom. The van der Waals surface area contributed by atoms with E-state index in [9.17, 15) is 0 Å². The van der Waals surface area contributed by atoms with Gasteiger partial charge in [-0.05, 0) is 12.2 Å². The van der Waals surface area contributed by atoms with Gasteiger partial charge in [0.25, 0.3) is 4.84 Å². The van der Waals surface area contributed by atoms with E-state index in [1.165, 1.54) is 13.4 Å². The van der Waals surface area contributed by atoms with E-state index in [2.05, 4.69) is 21.6 Å². The van der Waals surface area contributed by atoms with Crippen LogP contribution in [0.1, 0.15) is 0 Å². The van der Waals surface area contributed by atoms with Gasteiger partial charge in [0, 0.05) is 0 Å². The fourth-order valence-corrected chi connectivity index (χ4v) is 0.514. The topological polar surface area (TPSA) is 38.2 Å². The minimum atomic E-state index is 0.335. The Bertz CT molecular complexity index is 214. The largest absolute Gasteiger partial charge is 0.480 e. The molecule has 1 aromatic rings. The van der Waals surface area contributed by atoms with E-state index in [0.717, 1.165) is 0 Å². The van der Waals surface area contributed by atoms with Crippen molar-refractivity contribution in [1.82, 2.24) is 4.98 Å². The van der Waals surface area contributed by atoms with Crippen LogP contribution in [0.3, 0.4) is 0 Å². The average Bonchev–Trinajstić information content (AvgIpc) is 2.14. The zero-order valence-electron chi connectivity index (χ0n) is 4.30. The molecule has 0 fully saturated rings. The molecular weight excluding hydrogens is 126 g/mol. The minimum Gasteiger partial charge on any atom is -0.480 e. The van der Waals surface area contributed by atoms with Crippen molar-refractivity contribution in [1.29, 1.82) is 0 Å². The second-order valence-corrected chi connectivity index (χ2v) is 1.59. The fourth-order valence-electron chi connectivity index (χ4n) is 0.366. The molecule has 0 radical (unpaired) electrons. The molecule has 1 heterocycles. The molecule has 1 N–H and O–H groups in total. The molecule has 0 aliphatic carbocycles. The van der Waals surface area contributed by atoms with Crippen LogP contribution in [0.25, 0.3) is 0 Å². The Hall–Kier alpha value is -0.770. The van der Waals surface area contributed by atoms with Crippen molar-refractivity contribution in [2.24, 2.45) is 0 Å². The molecule has 0 aliphatic heterocycles. The molecule has 44 valence electrons. The van der Waals surface area contributed by atoms with Gasteiger partial charge in [-0.1, -0.05) is 0 Å². The molecule has 1 rings (SSSR count). The second kappa shape index (κ2) is 2.00. The second-order valence-electron chi connectivity index (χ2n) is 1.22. The van der Waals surface area contributed by atoms with E-state index in [1.54, 1.807) is 0 Å². The smallest absolute Gasteiger partial charge is 0.268 e. The summed E-state index contributed by atoms with van der Waals surface area (Å²) in [4.78, 5) is 2.99. The Labute approximate surface area is 51.3 Å². The van der Waals surface area contributed by atoms with Crippen molar-refractivity contribution in [2.45, 2.75) is 0 Å². The zero-order valence-corrected chi connectivity index (χ0v) is 5.12. The number of oxazole rings is 1. The summed E-state index contributed by atoms with van der Waals surface area (Å²) in [5, 5.41) is 0. The highest BCUT2D eigenvalue weighted by Crippen LogP contribution is 2.03. The van der Waals surface area contributed by atoms with Crippen LogP contribution in [0.15, 0.2) is 10.7 Å². The summed E-state index contributed by atoms with van der Waals surface area (Å²) in [5.41, 5.74) is 0. The van der Waals surface area contributed by atoms with Gasteiger partial charge in [0.15, 0.2) is 6.26 Å². The van der Waals surface area contributed by atoms with Crippen LogP contribution < -0.4 is 4.74 Å². The Morgan fingerprint density at radius 3 is 2.88 bits per heavy atom. The summed E-state index contributed by atoms with van der Waals surface area (Å²) >= 11 is 4.60. The summed E-state index contributed by atoms with van der Waals surface area (Å²) in [6.45, 7) is 0. The number of hydrogen-bond donors (Lipinski definition) is 1. The van der Waals surface area contributed by atoms with Crippen LogP contribution in [-0.2, 0) is 0 Å². The summed E-state index contributed by atoms with van der Waals surface area (Å²) < 4.78 is 9.41. The number of methoxy groups -OCH3 is 1. The molecule has 4 heteroatoms. The third-order valence-electron chi connectivity index (χ3n) is 0.718. The molecule has 0 atom stereocenters. The summed E-state index contributed by atoms with van der Waals surface area (Å²) in [5.74, 6) is 0.551. The first kappa shape index (κ1) is 5.37. The predicted octanol–water partition coefficient (Wildman–Crippen LogP) is 1.35. The number of rotatable bonds is 1. The third-order valence-corrected chi connectivity index (χ3v) is 0.916. The molecule has 0 aliphatic rings. The van der Waals surface area contributed by atoms with E-state index in [1.807, 2.05) is 0 Å². The fraction of sp³-hybridized carbons (Fsp3) is 0.250. The van der Waals surface area contributed by atoms with Crippen molar-refractivity contribution >= 4 is 12.2 Å². The first-order valence-electron chi connectivity index (χ1n) is 2.04. The Balaban J connectivity index is 3.01. The Kier molecular flexibility index (Phi) is 1.34. The van der Waals surface area contributed by atoms with Gasteiger partial charge in [-0.3, -0.25) is 4.98 Å². The lowest BCUT2D eigenvalue weighted by Crippen LogP contribution is -1.79. The summed E-state index contributed by atoms with van der Waals surface area (Å²) in [7, 11) is 1.54. The van der Waals surface area contributed by atoms with Crippen molar-refractivity contribution < 1.29 is 9.15 Å². The highest BCUT2D eigenvalue weighted by atomic mass is 32.1. The van der Waals surface area contributed by atoms with Gasteiger partial charge in [0.1, 0.15) is 0 Å². The van der Waals surface area contributed by atoms with E-state index in [-0.39, 0.29) is 0 Å². The maximum absolute atomic E-state index is 4.72. The van der Waals surface area contributed by atoms with E-state index in [0.29, 0.717) is 10.7 Å². The number of ether oxygens (including phenoxy) is 1. The van der Waals surface area contributed by atoms with Crippen LogP contribution >= 0.6 is 12.2 Å². The van der Waals surface area contributed by atoms with Gasteiger partial charge >= 0.3 is 0 Å². The quantitative estimate of drug-likeness (QED) is 0.584. The summed E-state index contributed by atoms with van der Waals surface area (Å²) in [6.07, 6.45) is 1.42. The first-order chi connectivity index (χ1) is 3.83. The van der Waals surface area contributed by atoms with Gasteiger partial charge in [-0.15, -0.1) is 0 Å². The van der Waals surface area contributed by atoms with E-state index in [4.69, 9.17) is 4.74 Å². The molecule has 0 aromatic carbocycles. The third kappa shape index (κ3) is 0.894. The number of H-pyrrole nitrogens is 1. The van der Waals surface area contributed by atoms with Gasteiger partial charge in [-0.25, -0.2) is 0 Å². The lowest BCUT2D eigenvalue weighted by molar-refractivity contribution is 0.395. The van der Waals surface area contributed by atoms with Crippen LogP contribution in [0.4, 0.5) is 0 Å². The number of aromatic nitrogens is 1. The van der Waals surface area contributed by atoms with Gasteiger partial charge in [0.05, 0.1) is 7.11 Å². The average molecular weight is 131 g/mol. The molecule has 8 heavy (non-hydrogen) atoms. The summed E-state index contributed by atoms with van der Waals surface area (Å²) in [6, 6.07) is 0. The molecule has 0 unspecified atom stereocenters. The minimum absolute atomic E-state index is 0.335. The van der Waals surface area contributed by atoms with E-state index >= 15 is 0 Å². The maximum atomic E-state index is 4.72.